The van der Waals surface area contributed by atoms with Crippen LogP contribution in [0.15, 0.2) is 37.4 Å². The van der Waals surface area contributed by atoms with Gasteiger partial charge in [-0.3, -0.25) is 0 Å². The van der Waals surface area contributed by atoms with Crippen molar-refractivity contribution in [2.75, 3.05) is 13.2 Å². The summed E-state index contributed by atoms with van der Waals surface area (Å²) in [5, 5.41) is 16.2. The van der Waals surface area contributed by atoms with Crippen molar-refractivity contribution in [2.24, 2.45) is 0 Å². The number of aliphatic hydroxyl groups is 2. The fraction of sp³-hybridized carbons (Fsp3) is 0.286. The van der Waals surface area contributed by atoms with Gasteiger partial charge in [-0.05, 0) is 24.0 Å². The van der Waals surface area contributed by atoms with E-state index < -0.39 is 0 Å². The standard InChI is InChI=1S/C10H10.C4H10O2/c1-3-9-5-7-10(4-2)8-6-9;5-3-1-2-4-6/h3-8H,1-2H2;5-6H,1-4H2. The largest absolute Gasteiger partial charge is 0.396 e. The SMILES string of the molecule is C=Cc1ccc(C=C)cc1.OCCCCO. The molecule has 1 aromatic carbocycles. The van der Waals surface area contributed by atoms with E-state index in [9.17, 15) is 0 Å². The van der Waals surface area contributed by atoms with Crippen LogP contribution in [0, 0.1) is 0 Å². The zero-order chi connectivity index (χ0) is 12.2. The fourth-order valence-electron chi connectivity index (χ4n) is 0.992. The molecule has 0 heterocycles. The van der Waals surface area contributed by atoms with E-state index >= 15 is 0 Å². The molecule has 0 aliphatic carbocycles. The molecule has 0 aliphatic heterocycles. The Labute approximate surface area is 97.6 Å². The molecule has 0 fully saturated rings. The molecule has 0 radical (unpaired) electrons. The van der Waals surface area contributed by atoms with Gasteiger partial charge in [-0.1, -0.05) is 49.6 Å². The molecule has 2 nitrogen and oxygen atoms in total. The monoisotopic (exact) mass is 220 g/mol. The zero-order valence-electron chi connectivity index (χ0n) is 9.60. The molecule has 88 valence electrons. The maximum absolute atomic E-state index is 8.09. The van der Waals surface area contributed by atoms with E-state index in [1.165, 1.54) is 0 Å². The Balaban J connectivity index is 0.000000325. The molecule has 0 unspecified atom stereocenters. The average molecular weight is 220 g/mol. The second-order valence-electron chi connectivity index (χ2n) is 3.23. The summed E-state index contributed by atoms with van der Waals surface area (Å²) in [6.45, 7) is 7.71. The van der Waals surface area contributed by atoms with Gasteiger partial charge >= 0.3 is 0 Å². The molecule has 1 aromatic rings. The van der Waals surface area contributed by atoms with Crippen molar-refractivity contribution < 1.29 is 10.2 Å². The first-order valence-electron chi connectivity index (χ1n) is 5.35. The van der Waals surface area contributed by atoms with E-state index in [2.05, 4.69) is 13.2 Å². The van der Waals surface area contributed by atoms with Gasteiger partial charge in [0, 0.05) is 13.2 Å². The molecule has 2 heteroatoms. The molecular weight excluding hydrogens is 200 g/mol. The molecule has 0 atom stereocenters. The summed E-state index contributed by atoms with van der Waals surface area (Å²) in [5.41, 5.74) is 2.29. The highest BCUT2D eigenvalue weighted by molar-refractivity contribution is 5.53. The van der Waals surface area contributed by atoms with Gasteiger partial charge in [-0.25, -0.2) is 0 Å². The highest BCUT2D eigenvalue weighted by Crippen LogP contribution is 2.05. The molecule has 0 bridgehead atoms. The quantitative estimate of drug-likeness (QED) is 0.749. The minimum Gasteiger partial charge on any atom is -0.396 e. The van der Waals surface area contributed by atoms with E-state index in [1.54, 1.807) is 0 Å². The summed E-state index contributed by atoms with van der Waals surface area (Å²) in [5.74, 6) is 0. The first kappa shape index (κ1) is 14.6. The molecule has 2 N–H and O–H groups in total. The van der Waals surface area contributed by atoms with Crippen LogP contribution in [-0.4, -0.2) is 23.4 Å². The third kappa shape index (κ3) is 6.98. The van der Waals surface area contributed by atoms with Crippen molar-refractivity contribution in [2.45, 2.75) is 12.8 Å². The zero-order valence-corrected chi connectivity index (χ0v) is 9.60. The van der Waals surface area contributed by atoms with Gasteiger partial charge in [-0.2, -0.15) is 0 Å². The Morgan fingerprint density at radius 3 is 1.31 bits per heavy atom. The van der Waals surface area contributed by atoms with Crippen LogP contribution >= 0.6 is 0 Å². The Kier molecular flexibility index (Phi) is 9.27. The average Bonchev–Trinajstić information content (AvgIpc) is 2.37. The normalized spacial score (nSPS) is 8.88. The highest BCUT2D eigenvalue weighted by atomic mass is 16.3. The van der Waals surface area contributed by atoms with Gasteiger partial charge < -0.3 is 10.2 Å². The van der Waals surface area contributed by atoms with Crippen molar-refractivity contribution in [1.82, 2.24) is 0 Å². The lowest BCUT2D eigenvalue weighted by atomic mass is 10.1. The summed E-state index contributed by atoms with van der Waals surface area (Å²) in [4.78, 5) is 0. The molecule has 0 aliphatic rings. The second kappa shape index (κ2) is 10.1. The molecule has 0 saturated carbocycles. The third-order valence-electron chi connectivity index (χ3n) is 1.97. The Hall–Kier alpha value is -1.38. The number of unbranched alkanes of at least 4 members (excludes halogenated alkanes) is 1. The molecular formula is C14H20O2. The lowest BCUT2D eigenvalue weighted by Gasteiger charge is -1.92. The van der Waals surface area contributed by atoms with Gasteiger partial charge in [0.05, 0.1) is 0 Å². The van der Waals surface area contributed by atoms with Crippen molar-refractivity contribution >= 4 is 12.2 Å². The molecule has 0 saturated heterocycles. The molecule has 0 aromatic heterocycles. The smallest absolute Gasteiger partial charge is 0.0431 e. The third-order valence-corrected chi connectivity index (χ3v) is 1.97. The summed E-state index contributed by atoms with van der Waals surface area (Å²) >= 11 is 0. The maximum Gasteiger partial charge on any atom is 0.0431 e. The van der Waals surface area contributed by atoms with E-state index in [0.29, 0.717) is 0 Å². The predicted octanol–water partition coefficient (Wildman–Crippen LogP) is 2.72. The van der Waals surface area contributed by atoms with Crippen LogP contribution in [0.25, 0.3) is 12.2 Å². The molecule has 1 rings (SSSR count). The van der Waals surface area contributed by atoms with E-state index in [4.69, 9.17) is 10.2 Å². The highest BCUT2D eigenvalue weighted by Gasteiger charge is 1.84. The van der Waals surface area contributed by atoms with E-state index in [0.717, 1.165) is 24.0 Å². The van der Waals surface area contributed by atoms with Gasteiger partial charge in [0.1, 0.15) is 0 Å². The van der Waals surface area contributed by atoms with Crippen molar-refractivity contribution in [3.05, 3.63) is 48.6 Å². The lowest BCUT2D eigenvalue weighted by Crippen LogP contribution is -1.85. The van der Waals surface area contributed by atoms with Crippen LogP contribution in [0.3, 0.4) is 0 Å². The fourth-order valence-corrected chi connectivity index (χ4v) is 0.992. The number of rotatable bonds is 5. The van der Waals surface area contributed by atoms with Gasteiger partial charge in [0.25, 0.3) is 0 Å². The minimum absolute atomic E-state index is 0.195. The Bertz CT molecular complexity index is 257. The minimum atomic E-state index is 0.195. The lowest BCUT2D eigenvalue weighted by molar-refractivity contribution is 0.242. The number of aliphatic hydroxyl groups excluding tert-OH is 2. The van der Waals surface area contributed by atoms with Gasteiger partial charge in [0.2, 0.25) is 0 Å². The molecule has 0 amide bonds. The maximum atomic E-state index is 8.09. The van der Waals surface area contributed by atoms with Crippen LogP contribution in [0.4, 0.5) is 0 Å². The summed E-state index contributed by atoms with van der Waals surface area (Å²) in [6, 6.07) is 8.07. The van der Waals surface area contributed by atoms with Gasteiger partial charge in [-0.15, -0.1) is 0 Å². The Morgan fingerprint density at radius 1 is 0.812 bits per heavy atom. The number of benzene rings is 1. The van der Waals surface area contributed by atoms with Gasteiger partial charge in [0.15, 0.2) is 0 Å². The van der Waals surface area contributed by atoms with Crippen LogP contribution in [-0.2, 0) is 0 Å². The summed E-state index contributed by atoms with van der Waals surface area (Å²) in [6.07, 6.45) is 5.09. The molecule has 16 heavy (non-hydrogen) atoms. The van der Waals surface area contributed by atoms with Crippen molar-refractivity contribution in [3.63, 3.8) is 0 Å². The van der Waals surface area contributed by atoms with E-state index in [1.807, 2.05) is 36.4 Å². The topological polar surface area (TPSA) is 40.5 Å². The Morgan fingerprint density at radius 2 is 1.12 bits per heavy atom. The predicted molar refractivity (Wildman–Crippen MR) is 70.0 cm³/mol. The van der Waals surface area contributed by atoms with Crippen LogP contribution < -0.4 is 0 Å². The van der Waals surface area contributed by atoms with Crippen LogP contribution in [0.5, 0.6) is 0 Å². The summed E-state index contributed by atoms with van der Waals surface area (Å²) < 4.78 is 0. The van der Waals surface area contributed by atoms with Crippen LogP contribution in [0.1, 0.15) is 24.0 Å². The van der Waals surface area contributed by atoms with Crippen LogP contribution in [0.2, 0.25) is 0 Å². The first-order valence-corrected chi connectivity index (χ1v) is 5.35. The first-order chi connectivity index (χ1) is 7.78. The van der Waals surface area contributed by atoms with Crippen molar-refractivity contribution in [3.8, 4) is 0 Å². The number of hydrogen-bond donors (Lipinski definition) is 2. The molecule has 0 spiro atoms. The summed E-state index contributed by atoms with van der Waals surface area (Å²) in [7, 11) is 0. The number of hydrogen-bond acceptors (Lipinski definition) is 2. The second-order valence-corrected chi connectivity index (χ2v) is 3.23. The van der Waals surface area contributed by atoms with E-state index in [-0.39, 0.29) is 13.2 Å². The van der Waals surface area contributed by atoms with Crippen molar-refractivity contribution in [1.29, 1.82) is 0 Å².